The molecule has 0 saturated carbocycles. The summed E-state index contributed by atoms with van der Waals surface area (Å²) in [6, 6.07) is 3.54. The van der Waals surface area contributed by atoms with Crippen molar-refractivity contribution < 1.29 is 31.2 Å². The van der Waals surface area contributed by atoms with Crippen molar-refractivity contribution in [1.29, 1.82) is 0 Å². The summed E-state index contributed by atoms with van der Waals surface area (Å²) >= 11 is 5.59. The van der Waals surface area contributed by atoms with Gasteiger partial charge in [-0.05, 0) is 37.0 Å². The van der Waals surface area contributed by atoms with Gasteiger partial charge in [-0.1, -0.05) is 17.7 Å². The van der Waals surface area contributed by atoms with E-state index in [9.17, 15) is 31.2 Å². The fourth-order valence-corrected chi connectivity index (χ4v) is 5.09. The third-order valence-corrected chi connectivity index (χ3v) is 7.36. The van der Waals surface area contributed by atoms with Gasteiger partial charge in [0.25, 0.3) is 0 Å². The molecular formula is C18H22ClF3N2O4S. The Hall–Kier alpha value is -1.81. The van der Waals surface area contributed by atoms with E-state index in [-0.39, 0.29) is 44.7 Å². The first-order valence-corrected chi connectivity index (χ1v) is 11.1. The lowest BCUT2D eigenvalue weighted by Gasteiger charge is -2.31. The van der Waals surface area contributed by atoms with Gasteiger partial charge in [0.05, 0.1) is 15.8 Å². The molecule has 1 aromatic carbocycles. The third-order valence-electron chi connectivity index (χ3n) is 4.88. The number of amides is 2. The average Bonchev–Trinajstić information content (AvgIpc) is 2.65. The molecule has 0 bridgehead atoms. The summed E-state index contributed by atoms with van der Waals surface area (Å²) in [6.07, 6.45) is -3.99. The minimum Gasteiger partial charge on any atom is -0.358 e. The van der Waals surface area contributed by atoms with Crippen molar-refractivity contribution >= 4 is 33.3 Å². The molecule has 11 heteroatoms. The summed E-state index contributed by atoms with van der Waals surface area (Å²) in [5, 5.41) is 1.19. The van der Waals surface area contributed by atoms with Crippen molar-refractivity contribution in [3.8, 4) is 0 Å². The zero-order valence-corrected chi connectivity index (χ0v) is 17.3. The highest BCUT2D eigenvalue weighted by Gasteiger charge is 2.34. The smallest absolute Gasteiger partial charge is 0.358 e. The van der Waals surface area contributed by atoms with E-state index in [0.717, 1.165) is 12.1 Å². The standard InChI is InChI=1S/C18H22ClF3N2O4S/c1-23-16(25)11-29(27,28)13-6-8-24(9-7-13)17(26)5-3-12-2-4-15(19)14(10-12)18(20,21)22/h2,4,10,13H,3,5-9,11H2,1H3,(H,23,25). The van der Waals surface area contributed by atoms with E-state index in [1.165, 1.54) is 18.0 Å². The number of aryl methyl sites for hydroxylation is 1. The number of alkyl halides is 3. The van der Waals surface area contributed by atoms with Crippen molar-refractivity contribution in [2.24, 2.45) is 0 Å². The predicted molar refractivity (Wildman–Crippen MR) is 102 cm³/mol. The van der Waals surface area contributed by atoms with Gasteiger partial charge in [-0.3, -0.25) is 9.59 Å². The Morgan fingerprint density at radius 3 is 2.41 bits per heavy atom. The summed E-state index contributed by atoms with van der Waals surface area (Å²) in [7, 11) is -2.23. The highest BCUT2D eigenvalue weighted by molar-refractivity contribution is 7.92. The number of benzene rings is 1. The molecular weight excluding hydrogens is 433 g/mol. The first kappa shape index (κ1) is 23.5. The number of nitrogens with one attached hydrogen (secondary N) is 1. The number of hydrogen-bond acceptors (Lipinski definition) is 4. The molecule has 0 unspecified atom stereocenters. The highest BCUT2D eigenvalue weighted by Crippen LogP contribution is 2.35. The van der Waals surface area contributed by atoms with Crippen LogP contribution in [0.4, 0.5) is 13.2 Å². The van der Waals surface area contributed by atoms with Crippen LogP contribution < -0.4 is 5.32 Å². The van der Waals surface area contributed by atoms with E-state index >= 15 is 0 Å². The number of piperidine rings is 1. The van der Waals surface area contributed by atoms with E-state index in [1.807, 2.05) is 0 Å². The van der Waals surface area contributed by atoms with Gasteiger partial charge in [-0.2, -0.15) is 13.2 Å². The number of likely N-dealkylation sites (tertiary alicyclic amines) is 1. The maximum Gasteiger partial charge on any atom is 0.417 e. The Kier molecular flexibility index (Phi) is 7.56. The zero-order chi connectivity index (χ0) is 21.8. The Balaban J connectivity index is 1.90. The number of carbonyl (C=O) groups excluding carboxylic acids is 2. The molecule has 1 fully saturated rings. The highest BCUT2D eigenvalue weighted by atomic mass is 35.5. The molecule has 1 saturated heterocycles. The predicted octanol–water partition coefficient (Wildman–Crippen LogP) is 2.44. The minimum atomic E-state index is -4.57. The van der Waals surface area contributed by atoms with Crippen LogP contribution in [0.15, 0.2) is 18.2 Å². The van der Waals surface area contributed by atoms with Crippen molar-refractivity contribution in [3.63, 3.8) is 0 Å². The van der Waals surface area contributed by atoms with Gasteiger partial charge >= 0.3 is 6.18 Å². The molecule has 0 aliphatic carbocycles. The molecule has 162 valence electrons. The number of hydrogen-bond donors (Lipinski definition) is 1. The molecule has 2 rings (SSSR count). The van der Waals surface area contributed by atoms with Crippen LogP contribution >= 0.6 is 11.6 Å². The van der Waals surface area contributed by atoms with Gasteiger partial charge in [0.2, 0.25) is 11.8 Å². The topological polar surface area (TPSA) is 83.6 Å². The lowest BCUT2D eigenvalue weighted by atomic mass is 10.0. The fraction of sp³-hybridized carbons (Fsp3) is 0.556. The lowest BCUT2D eigenvalue weighted by Crippen LogP contribution is -2.44. The first-order valence-electron chi connectivity index (χ1n) is 8.99. The van der Waals surface area contributed by atoms with Crippen LogP contribution in [0.3, 0.4) is 0 Å². The molecule has 0 aromatic heterocycles. The van der Waals surface area contributed by atoms with Crippen LogP contribution in [0.2, 0.25) is 5.02 Å². The molecule has 6 nitrogen and oxygen atoms in total. The van der Waals surface area contributed by atoms with Crippen LogP contribution in [0.1, 0.15) is 30.4 Å². The Bertz CT molecular complexity index is 866. The number of carbonyl (C=O) groups is 2. The Morgan fingerprint density at radius 1 is 1.24 bits per heavy atom. The summed E-state index contributed by atoms with van der Waals surface area (Å²) in [4.78, 5) is 25.2. The SMILES string of the molecule is CNC(=O)CS(=O)(=O)C1CCN(C(=O)CCc2ccc(Cl)c(C(F)(F)F)c2)CC1. The van der Waals surface area contributed by atoms with E-state index in [4.69, 9.17) is 11.6 Å². The van der Waals surface area contributed by atoms with E-state index in [0.29, 0.717) is 5.56 Å². The van der Waals surface area contributed by atoms with Crippen LogP contribution in [0.5, 0.6) is 0 Å². The number of nitrogens with zero attached hydrogens (tertiary/aromatic N) is 1. The third kappa shape index (κ3) is 6.33. The van der Waals surface area contributed by atoms with Crippen LogP contribution in [-0.2, 0) is 32.0 Å². The van der Waals surface area contributed by atoms with Gasteiger partial charge in [-0.25, -0.2) is 8.42 Å². The van der Waals surface area contributed by atoms with Gasteiger partial charge in [-0.15, -0.1) is 0 Å². The van der Waals surface area contributed by atoms with E-state index in [1.54, 1.807) is 0 Å². The molecule has 0 spiro atoms. The monoisotopic (exact) mass is 454 g/mol. The fourth-order valence-electron chi connectivity index (χ4n) is 3.19. The summed E-state index contributed by atoms with van der Waals surface area (Å²) in [5.41, 5.74) is -0.593. The van der Waals surface area contributed by atoms with Gasteiger partial charge in [0, 0.05) is 26.6 Å². The van der Waals surface area contributed by atoms with Gasteiger partial charge in [0.15, 0.2) is 9.84 Å². The first-order chi connectivity index (χ1) is 13.4. The summed E-state index contributed by atoms with van der Waals surface area (Å²) in [6.45, 7) is 0.454. The van der Waals surface area contributed by atoms with Crippen molar-refractivity contribution in [1.82, 2.24) is 10.2 Å². The maximum atomic E-state index is 12.9. The number of rotatable bonds is 6. The molecule has 1 heterocycles. The largest absolute Gasteiger partial charge is 0.417 e. The normalized spacial score (nSPS) is 16.0. The summed E-state index contributed by atoms with van der Waals surface area (Å²) in [5.74, 6) is -1.42. The van der Waals surface area contributed by atoms with Crippen molar-refractivity contribution in [2.45, 2.75) is 37.1 Å². The second-order valence-electron chi connectivity index (χ2n) is 6.87. The van der Waals surface area contributed by atoms with E-state index < -0.39 is 43.5 Å². The molecule has 0 atom stereocenters. The van der Waals surface area contributed by atoms with E-state index in [2.05, 4.69) is 5.32 Å². The van der Waals surface area contributed by atoms with Crippen molar-refractivity contribution in [2.75, 3.05) is 25.9 Å². The lowest BCUT2D eigenvalue weighted by molar-refractivity contribution is -0.137. The minimum absolute atomic E-state index is 0.00852. The van der Waals surface area contributed by atoms with Crippen LogP contribution in [0, 0.1) is 0 Å². The molecule has 1 aliphatic rings. The molecule has 0 radical (unpaired) electrons. The molecule has 29 heavy (non-hydrogen) atoms. The van der Waals surface area contributed by atoms with Gasteiger partial charge in [0.1, 0.15) is 5.75 Å². The molecule has 2 amide bonds. The van der Waals surface area contributed by atoms with Crippen LogP contribution in [-0.4, -0.2) is 56.3 Å². The van der Waals surface area contributed by atoms with Gasteiger partial charge < -0.3 is 10.2 Å². The average molecular weight is 455 g/mol. The summed E-state index contributed by atoms with van der Waals surface area (Å²) < 4.78 is 63.2. The second kappa shape index (κ2) is 9.34. The zero-order valence-electron chi connectivity index (χ0n) is 15.8. The molecule has 1 aliphatic heterocycles. The second-order valence-corrected chi connectivity index (χ2v) is 9.56. The van der Waals surface area contributed by atoms with Crippen molar-refractivity contribution in [3.05, 3.63) is 34.3 Å². The number of sulfone groups is 1. The molecule has 1 aromatic rings. The van der Waals surface area contributed by atoms with Crippen LogP contribution in [0.25, 0.3) is 0 Å². The quantitative estimate of drug-likeness (QED) is 0.715. The Morgan fingerprint density at radius 2 is 1.86 bits per heavy atom. The molecule has 1 N–H and O–H groups in total. The Labute approximate surface area is 172 Å². The number of halogens is 4. The maximum absolute atomic E-state index is 12.9.